The number of anilines is 2. The Morgan fingerprint density at radius 3 is 2.48 bits per heavy atom. The molecular formula is C18H22FN5O. The van der Waals surface area contributed by atoms with Crippen LogP contribution in [-0.4, -0.2) is 48.6 Å². The van der Waals surface area contributed by atoms with Crippen LogP contribution in [0.5, 0.6) is 0 Å². The van der Waals surface area contributed by atoms with Crippen molar-refractivity contribution in [1.82, 2.24) is 15.3 Å². The maximum Gasteiger partial charge on any atom is 0.270 e. The molecule has 1 amide bonds. The zero-order valence-corrected chi connectivity index (χ0v) is 14.3. The van der Waals surface area contributed by atoms with Crippen LogP contribution in [0.25, 0.3) is 0 Å². The minimum absolute atomic E-state index is 0.171. The van der Waals surface area contributed by atoms with Crippen molar-refractivity contribution in [3.8, 4) is 0 Å². The standard InChI is InChI=1S/C18H22FN5O/c1-2-8-20-17(25)16-7-9-21-18(22-16)24-12-10-23(11-13-24)15-5-3-14(19)4-6-15/h3-7,9H,2,8,10-13H2,1H3,(H,20,25). The summed E-state index contributed by atoms with van der Waals surface area (Å²) in [5, 5.41) is 2.83. The van der Waals surface area contributed by atoms with Gasteiger partial charge in [0, 0.05) is 44.6 Å². The predicted molar refractivity (Wildman–Crippen MR) is 95.5 cm³/mol. The maximum atomic E-state index is 13.0. The first-order valence-corrected chi connectivity index (χ1v) is 8.54. The quantitative estimate of drug-likeness (QED) is 0.901. The summed E-state index contributed by atoms with van der Waals surface area (Å²) in [6.45, 7) is 5.72. The van der Waals surface area contributed by atoms with E-state index in [1.54, 1.807) is 24.4 Å². The topological polar surface area (TPSA) is 61.4 Å². The first-order chi connectivity index (χ1) is 12.2. The van der Waals surface area contributed by atoms with Crippen LogP contribution in [0.1, 0.15) is 23.8 Å². The number of benzene rings is 1. The van der Waals surface area contributed by atoms with Crippen molar-refractivity contribution < 1.29 is 9.18 Å². The molecule has 1 aromatic carbocycles. The summed E-state index contributed by atoms with van der Waals surface area (Å²) >= 11 is 0. The number of halogens is 1. The summed E-state index contributed by atoms with van der Waals surface area (Å²) in [4.78, 5) is 25.0. The molecule has 0 saturated carbocycles. The summed E-state index contributed by atoms with van der Waals surface area (Å²) in [5.41, 5.74) is 1.40. The van der Waals surface area contributed by atoms with Gasteiger partial charge in [0.1, 0.15) is 11.5 Å². The first kappa shape index (κ1) is 17.1. The zero-order chi connectivity index (χ0) is 17.6. The van der Waals surface area contributed by atoms with Gasteiger partial charge in [0.15, 0.2) is 0 Å². The summed E-state index contributed by atoms with van der Waals surface area (Å²) in [6, 6.07) is 8.16. The molecule has 2 aromatic rings. The molecule has 1 aliphatic rings. The van der Waals surface area contributed by atoms with Gasteiger partial charge in [0.05, 0.1) is 0 Å². The Labute approximate surface area is 146 Å². The average molecular weight is 343 g/mol. The monoisotopic (exact) mass is 343 g/mol. The third-order valence-corrected chi connectivity index (χ3v) is 4.17. The van der Waals surface area contributed by atoms with Gasteiger partial charge in [-0.25, -0.2) is 14.4 Å². The van der Waals surface area contributed by atoms with Crippen LogP contribution in [0.15, 0.2) is 36.5 Å². The minimum atomic E-state index is -0.228. The number of aromatic nitrogens is 2. The van der Waals surface area contributed by atoms with Crippen molar-refractivity contribution >= 4 is 17.5 Å². The van der Waals surface area contributed by atoms with E-state index >= 15 is 0 Å². The van der Waals surface area contributed by atoms with E-state index in [2.05, 4.69) is 25.1 Å². The number of nitrogens with zero attached hydrogens (tertiary/aromatic N) is 4. The van der Waals surface area contributed by atoms with Gasteiger partial charge in [0.2, 0.25) is 5.95 Å². The van der Waals surface area contributed by atoms with Gasteiger partial charge < -0.3 is 15.1 Å². The number of rotatable bonds is 5. The van der Waals surface area contributed by atoms with Gasteiger partial charge in [-0.3, -0.25) is 4.79 Å². The molecule has 1 aromatic heterocycles. The molecule has 1 N–H and O–H groups in total. The summed E-state index contributed by atoms with van der Waals surface area (Å²) in [5.74, 6) is 0.173. The minimum Gasteiger partial charge on any atom is -0.368 e. The molecule has 0 spiro atoms. The number of amides is 1. The number of carbonyl (C=O) groups is 1. The third kappa shape index (κ3) is 4.23. The van der Waals surface area contributed by atoms with Crippen LogP contribution in [0, 0.1) is 5.82 Å². The van der Waals surface area contributed by atoms with E-state index in [-0.39, 0.29) is 11.7 Å². The Hall–Kier alpha value is -2.70. The van der Waals surface area contributed by atoms with Crippen molar-refractivity contribution in [3.63, 3.8) is 0 Å². The lowest BCUT2D eigenvalue weighted by atomic mass is 10.2. The van der Waals surface area contributed by atoms with Crippen molar-refractivity contribution in [1.29, 1.82) is 0 Å². The van der Waals surface area contributed by atoms with E-state index in [4.69, 9.17) is 0 Å². The summed E-state index contributed by atoms with van der Waals surface area (Å²) in [7, 11) is 0. The average Bonchev–Trinajstić information content (AvgIpc) is 2.67. The number of hydrogen-bond acceptors (Lipinski definition) is 5. The van der Waals surface area contributed by atoms with Crippen LogP contribution in [-0.2, 0) is 0 Å². The van der Waals surface area contributed by atoms with Crippen LogP contribution in [0.3, 0.4) is 0 Å². The fraction of sp³-hybridized carbons (Fsp3) is 0.389. The Balaban J connectivity index is 1.62. The lowest BCUT2D eigenvalue weighted by Crippen LogP contribution is -2.47. The SMILES string of the molecule is CCCNC(=O)c1ccnc(N2CCN(c3ccc(F)cc3)CC2)n1. The number of hydrogen-bond donors (Lipinski definition) is 1. The van der Waals surface area contributed by atoms with Gasteiger partial charge >= 0.3 is 0 Å². The number of piperazine rings is 1. The lowest BCUT2D eigenvalue weighted by molar-refractivity contribution is 0.0948. The molecule has 2 heterocycles. The molecule has 0 unspecified atom stereocenters. The van der Waals surface area contributed by atoms with Crippen LogP contribution >= 0.6 is 0 Å². The van der Waals surface area contributed by atoms with Crippen LogP contribution in [0.2, 0.25) is 0 Å². The molecule has 6 nitrogen and oxygen atoms in total. The number of carbonyl (C=O) groups excluding carboxylic acids is 1. The Bertz CT molecular complexity index is 714. The highest BCUT2D eigenvalue weighted by molar-refractivity contribution is 5.92. The molecule has 0 bridgehead atoms. The molecule has 0 atom stereocenters. The molecular weight excluding hydrogens is 321 g/mol. The largest absolute Gasteiger partial charge is 0.368 e. The molecule has 0 radical (unpaired) electrons. The van der Waals surface area contributed by atoms with Gasteiger partial charge in [-0.15, -0.1) is 0 Å². The maximum absolute atomic E-state index is 13.0. The van der Waals surface area contributed by atoms with E-state index in [1.807, 2.05) is 6.92 Å². The van der Waals surface area contributed by atoms with Crippen molar-refractivity contribution in [2.75, 3.05) is 42.5 Å². The van der Waals surface area contributed by atoms with Gasteiger partial charge in [-0.05, 0) is 36.8 Å². The summed E-state index contributed by atoms with van der Waals surface area (Å²) in [6.07, 6.45) is 2.50. The fourth-order valence-electron chi connectivity index (χ4n) is 2.77. The summed E-state index contributed by atoms with van der Waals surface area (Å²) < 4.78 is 13.0. The van der Waals surface area contributed by atoms with E-state index < -0.39 is 0 Å². The zero-order valence-electron chi connectivity index (χ0n) is 14.3. The lowest BCUT2D eigenvalue weighted by Gasteiger charge is -2.36. The fourth-order valence-corrected chi connectivity index (χ4v) is 2.77. The molecule has 132 valence electrons. The molecule has 25 heavy (non-hydrogen) atoms. The normalized spacial score (nSPS) is 14.5. The van der Waals surface area contributed by atoms with Gasteiger partial charge in [-0.1, -0.05) is 6.92 Å². The predicted octanol–water partition coefficient (Wildman–Crippen LogP) is 2.08. The highest BCUT2D eigenvalue weighted by Gasteiger charge is 2.20. The van der Waals surface area contributed by atoms with E-state index in [0.29, 0.717) is 18.2 Å². The molecule has 3 rings (SSSR count). The van der Waals surface area contributed by atoms with Crippen LogP contribution < -0.4 is 15.1 Å². The molecule has 1 fully saturated rings. The molecule has 7 heteroatoms. The Morgan fingerprint density at radius 2 is 1.80 bits per heavy atom. The van der Waals surface area contributed by atoms with Crippen molar-refractivity contribution in [3.05, 3.63) is 48.0 Å². The molecule has 1 aliphatic heterocycles. The second-order valence-corrected chi connectivity index (χ2v) is 5.95. The third-order valence-electron chi connectivity index (χ3n) is 4.17. The van der Waals surface area contributed by atoms with E-state index in [1.165, 1.54) is 12.1 Å². The van der Waals surface area contributed by atoms with E-state index in [9.17, 15) is 9.18 Å². The van der Waals surface area contributed by atoms with Crippen molar-refractivity contribution in [2.24, 2.45) is 0 Å². The highest BCUT2D eigenvalue weighted by Crippen LogP contribution is 2.18. The Morgan fingerprint density at radius 1 is 1.12 bits per heavy atom. The highest BCUT2D eigenvalue weighted by atomic mass is 19.1. The van der Waals surface area contributed by atoms with Gasteiger partial charge in [0.25, 0.3) is 5.91 Å². The van der Waals surface area contributed by atoms with E-state index in [0.717, 1.165) is 38.3 Å². The number of nitrogens with one attached hydrogen (secondary N) is 1. The second kappa shape index (κ2) is 7.92. The van der Waals surface area contributed by atoms with Crippen LogP contribution in [0.4, 0.5) is 16.0 Å². The van der Waals surface area contributed by atoms with Gasteiger partial charge in [-0.2, -0.15) is 0 Å². The van der Waals surface area contributed by atoms with Crippen molar-refractivity contribution in [2.45, 2.75) is 13.3 Å². The Kier molecular flexibility index (Phi) is 5.42. The first-order valence-electron chi connectivity index (χ1n) is 8.54. The smallest absolute Gasteiger partial charge is 0.270 e. The molecule has 0 aliphatic carbocycles. The second-order valence-electron chi connectivity index (χ2n) is 5.95. The molecule has 1 saturated heterocycles.